The number of halogens is 1. The van der Waals surface area contributed by atoms with Crippen LogP contribution in [0.15, 0.2) is 28.7 Å². The van der Waals surface area contributed by atoms with Crippen LogP contribution in [0.3, 0.4) is 0 Å². The molecular formula is C16H24BrN3O3. The summed E-state index contributed by atoms with van der Waals surface area (Å²) in [5.41, 5.74) is 0.637. The van der Waals surface area contributed by atoms with Crippen molar-refractivity contribution in [1.82, 2.24) is 10.6 Å². The van der Waals surface area contributed by atoms with Gasteiger partial charge in [-0.25, -0.2) is 4.79 Å². The Hall–Kier alpha value is -1.60. The van der Waals surface area contributed by atoms with Gasteiger partial charge in [0.1, 0.15) is 6.04 Å². The number of nitrogens with one attached hydrogen (secondary N) is 3. The van der Waals surface area contributed by atoms with Crippen LogP contribution < -0.4 is 16.0 Å². The Balaban J connectivity index is 2.66. The van der Waals surface area contributed by atoms with E-state index in [0.29, 0.717) is 12.1 Å². The zero-order chi connectivity index (χ0) is 17.4. The molecule has 0 fully saturated rings. The predicted octanol–water partition coefficient (Wildman–Crippen LogP) is 2.48. The molecule has 1 aromatic carbocycles. The molecule has 4 N–H and O–H groups in total. The summed E-state index contributed by atoms with van der Waals surface area (Å²) in [5.74, 6) is -0.0608. The van der Waals surface area contributed by atoms with E-state index in [-0.39, 0.29) is 24.5 Å². The highest BCUT2D eigenvalue weighted by atomic mass is 79.9. The molecule has 7 heteroatoms. The second-order valence-electron chi connectivity index (χ2n) is 5.88. The summed E-state index contributed by atoms with van der Waals surface area (Å²) in [5, 5.41) is 17.1. The van der Waals surface area contributed by atoms with Crippen LogP contribution in [-0.2, 0) is 4.79 Å². The Morgan fingerprint density at radius 1 is 1.13 bits per heavy atom. The first kappa shape index (κ1) is 19.4. The van der Waals surface area contributed by atoms with Crippen molar-refractivity contribution in [3.8, 4) is 0 Å². The van der Waals surface area contributed by atoms with Crippen molar-refractivity contribution in [2.24, 2.45) is 5.92 Å². The molecule has 0 saturated carbocycles. The van der Waals surface area contributed by atoms with Gasteiger partial charge in [-0.1, -0.05) is 29.8 Å². The molecule has 1 rings (SSSR count). The molecular weight excluding hydrogens is 362 g/mol. The smallest absolute Gasteiger partial charge is 0.319 e. The minimum absolute atomic E-state index is 0.148. The highest BCUT2D eigenvalue weighted by molar-refractivity contribution is 9.10. The van der Waals surface area contributed by atoms with E-state index >= 15 is 0 Å². The van der Waals surface area contributed by atoms with E-state index in [0.717, 1.165) is 4.47 Å². The fourth-order valence-corrected chi connectivity index (χ4v) is 2.21. The van der Waals surface area contributed by atoms with Crippen molar-refractivity contribution in [1.29, 1.82) is 0 Å². The van der Waals surface area contributed by atoms with Crippen LogP contribution in [0.5, 0.6) is 0 Å². The maximum Gasteiger partial charge on any atom is 0.319 e. The molecule has 0 saturated heterocycles. The van der Waals surface area contributed by atoms with Crippen molar-refractivity contribution in [2.45, 2.75) is 39.3 Å². The average molecular weight is 386 g/mol. The van der Waals surface area contributed by atoms with Gasteiger partial charge in [-0.3, -0.25) is 4.79 Å². The second kappa shape index (κ2) is 9.52. The molecule has 0 bridgehead atoms. The predicted molar refractivity (Wildman–Crippen MR) is 94.2 cm³/mol. The lowest BCUT2D eigenvalue weighted by Crippen LogP contribution is -2.51. The van der Waals surface area contributed by atoms with Crippen LogP contribution >= 0.6 is 15.9 Å². The van der Waals surface area contributed by atoms with Gasteiger partial charge in [-0.15, -0.1) is 0 Å². The number of hydrogen-bond acceptors (Lipinski definition) is 3. The standard InChI is InChI=1S/C16H24BrN3O3/c1-10(2)8-14(15(22)18-11(3)9-21)20-16(23)19-13-6-4-12(17)5-7-13/h4-7,10-11,14,21H,8-9H2,1-3H3,(H,18,22)(H2,19,20,23)/t11-,14+/m1/s1. The normalized spacial score (nSPS) is 13.3. The molecule has 3 amide bonds. The molecule has 128 valence electrons. The largest absolute Gasteiger partial charge is 0.394 e. The number of aliphatic hydroxyl groups is 1. The third-order valence-corrected chi connectivity index (χ3v) is 3.62. The minimum Gasteiger partial charge on any atom is -0.394 e. The number of aliphatic hydroxyl groups excluding tert-OH is 1. The van der Waals surface area contributed by atoms with Crippen LogP contribution in [0, 0.1) is 5.92 Å². The van der Waals surface area contributed by atoms with Gasteiger partial charge >= 0.3 is 6.03 Å². The van der Waals surface area contributed by atoms with Gasteiger partial charge in [0, 0.05) is 16.2 Å². The number of benzene rings is 1. The highest BCUT2D eigenvalue weighted by Crippen LogP contribution is 2.14. The molecule has 0 radical (unpaired) electrons. The highest BCUT2D eigenvalue weighted by Gasteiger charge is 2.23. The summed E-state index contributed by atoms with van der Waals surface area (Å²) >= 11 is 3.33. The fourth-order valence-electron chi connectivity index (χ4n) is 1.95. The molecule has 23 heavy (non-hydrogen) atoms. The first-order valence-electron chi connectivity index (χ1n) is 7.56. The van der Waals surface area contributed by atoms with Gasteiger partial charge in [0.15, 0.2) is 0 Å². The van der Waals surface area contributed by atoms with E-state index in [9.17, 15) is 9.59 Å². The number of anilines is 1. The summed E-state index contributed by atoms with van der Waals surface area (Å²) in [6.07, 6.45) is 0.512. The van der Waals surface area contributed by atoms with Crippen molar-refractivity contribution in [2.75, 3.05) is 11.9 Å². The molecule has 0 spiro atoms. The van der Waals surface area contributed by atoms with Crippen molar-refractivity contribution in [3.05, 3.63) is 28.7 Å². The van der Waals surface area contributed by atoms with Crippen LogP contribution in [-0.4, -0.2) is 35.7 Å². The third-order valence-electron chi connectivity index (χ3n) is 3.09. The van der Waals surface area contributed by atoms with Gasteiger partial charge in [-0.2, -0.15) is 0 Å². The Morgan fingerprint density at radius 2 is 1.74 bits per heavy atom. The summed E-state index contributed by atoms with van der Waals surface area (Å²) in [6.45, 7) is 5.51. The van der Waals surface area contributed by atoms with Crippen LogP contribution in [0.2, 0.25) is 0 Å². The maximum atomic E-state index is 12.2. The molecule has 1 aromatic rings. The van der Waals surface area contributed by atoms with E-state index in [1.807, 2.05) is 26.0 Å². The fraction of sp³-hybridized carbons (Fsp3) is 0.500. The monoisotopic (exact) mass is 385 g/mol. The minimum atomic E-state index is -0.653. The quantitative estimate of drug-likeness (QED) is 0.580. The average Bonchev–Trinajstić information content (AvgIpc) is 2.48. The van der Waals surface area contributed by atoms with E-state index in [1.165, 1.54) is 0 Å². The Kier molecular flexibility index (Phi) is 8.05. The van der Waals surface area contributed by atoms with E-state index in [2.05, 4.69) is 31.9 Å². The summed E-state index contributed by atoms with van der Waals surface area (Å²) in [7, 11) is 0. The van der Waals surface area contributed by atoms with Gasteiger partial charge in [-0.05, 0) is 43.5 Å². The third kappa shape index (κ3) is 7.47. The number of carbonyl (C=O) groups is 2. The van der Waals surface area contributed by atoms with Gasteiger partial charge < -0.3 is 21.1 Å². The topological polar surface area (TPSA) is 90.5 Å². The first-order chi connectivity index (χ1) is 10.8. The van der Waals surface area contributed by atoms with Crippen molar-refractivity contribution >= 4 is 33.6 Å². The van der Waals surface area contributed by atoms with Gasteiger partial charge in [0.05, 0.1) is 6.61 Å². The molecule has 2 atom stereocenters. The summed E-state index contributed by atoms with van der Waals surface area (Å²) in [6, 6.07) is 5.70. The zero-order valence-corrected chi connectivity index (χ0v) is 15.2. The lowest BCUT2D eigenvalue weighted by atomic mass is 10.0. The number of rotatable bonds is 7. The SMILES string of the molecule is CC(C)C[C@H](NC(=O)Nc1ccc(Br)cc1)C(=O)N[C@H](C)CO. The molecule has 0 aliphatic heterocycles. The Labute approximate surface area is 145 Å². The number of amides is 3. The van der Waals surface area contributed by atoms with Crippen molar-refractivity contribution < 1.29 is 14.7 Å². The zero-order valence-electron chi connectivity index (χ0n) is 13.6. The van der Waals surface area contributed by atoms with E-state index in [4.69, 9.17) is 5.11 Å². The number of carbonyl (C=O) groups excluding carboxylic acids is 2. The number of hydrogen-bond donors (Lipinski definition) is 4. The lowest BCUT2D eigenvalue weighted by Gasteiger charge is -2.22. The number of urea groups is 1. The Bertz CT molecular complexity index is 520. The van der Waals surface area contributed by atoms with Crippen molar-refractivity contribution in [3.63, 3.8) is 0 Å². The van der Waals surface area contributed by atoms with Crippen LogP contribution in [0.1, 0.15) is 27.2 Å². The van der Waals surface area contributed by atoms with Crippen LogP contribution in [0.4, 0.5) is 10.5 Å². The molecule has 0 aliphatic carbocycles. The summed E-state index contributed by atoms with van der Waals surface area (Å²) in [4.78, 5) is 24.3. The Morgan fingerprint density at radius 3 is 2.26 bits per heavy atom. The van der Waals surface area contributed by atoms with Crippen LogP contribution in [0.25, 0.3) is 0 Å². The molecule has 0 unspecified atom stereocenters. The molecule has 0 aromatic heterocycles. The van der Waals surface area contributed by atoms with Gasteiger partial charge in [0.25, 0.3) is 0 Å². The first-order valence-corrected chi connectivity index (χ1v) is 8.35. The molecule has 6 nitrogen and oxygen atoms in total. The van der Waals surface area contributed by atoms with Gasteiger partial charge in [0.2, 0.25) is 5.91 Å². The summed E-state index contributed by atoms with van der Waals surface area (Å²) < 4.78 is 0.915. The maximum absolute atomic E-state index is 12.2. The molecule has 0 aliphatic rings. The van der Waals surface area contributed by atoms with E-state index < -0.39 is 12.1 Å². The van der Waals surface area contributed by atoms with E-state index in [1.54, 1.807) is 19.1 Å². The second-order valence-corrected chi connectivity index (χ2v) is 6.80. The lowest BCUT2D eigenvalue weighted by molar-refractivity contribution is -0.124. The molecule has 0 heterocycles.